The molecule has 30 heavy (non-hydrogen) atoms. The molecule has 1 aromatic rings. The maximum Gasteiger partial charge on any atom is 0.310 e. The Hall–Kier alpha value is -1.89. The molecule has 5 rings (SSSR count). The lowest BCUT2D eigenvalue weighted by Crippen LogP contribution is -2.40. The van der Waals surface area contributed by atoms with Gasteiger partial charge in [-0.05, 0) is 43.4 Å². The number of carbonyl (C=O) groups excluding carboxylic acids is 3. The fourth-order valence-corrected chi connectivity index (χ4v) is 7.17. The van der Waals surface area contributed by atoms with Gasteiger partial charge in [0.15, 0.2) is 0 Å². The molecule has 3 aliphatic carbocycles. The summed E-state index contributed by atoms with van der Waals surface area (Å²) in [4.78, 5) is 40.3. The number of hydrogen-bond donors (Lipinski definition) is 1. The van der Waals surface area contributed by atoms with Crippen LogP contribution in [0.4, 0.5) is 5.69 Å². The number of esters is 1. The minimum absolute atomic E-state index is 0.0133. The van der Waals surface area contributed by atoms with Crippen LogP contribution in [0.2, 0.25) is 0 Å². The topological polar surface area (TPSA) is 75.7 Å². The number of alkyl halides is 1. The minimum Gasteiger partial charge on any atom is -0.461 e. The van der Waals surface area contributed by atoms with Crippen LogP contribution in [0.3, 0.4) is 0 Å². The highest BCUT2D eigenvalue weighted by Gasteiger charge is 2.67. The predicted molar refractivity (Wildman–Crippen MR) is 115 cm³/mol. The summed E-state index contributed by atoms with van der Waals surface area (Å²) >= 11 is 3.65. The van der Waals surface area contributed by atoms with E-state index in [0.29, 0.717) is 11.3 Å². The van der Waals surface area contributed by atoms with Gasteiger partial charge in [0.05, 0.1) is 16.7 Å². The molecule has 7 heteroatoms. The summed E-state index contributed by atoms with van der Waals surface area (Å²) in [6, 6.07) is 7.42. The molecule has 1 aromatic carbocycles. The van der Waals surface area contributed by atoms with Gasteiger partial charge in [0, 0.05) is 30.3 Å². The summed E-state index contributed by atoms with van der Waals surface area (Å²) in [5.41, 5.74) is 1.17. The molecule has 1 N–H and O–H groups in total. The Balaban J connectivity index is 1.30. The number of nitrogens with zero attached hydrogens (tertiary/aromatic N) is 1. The van der Waals surface area contributed by atoms with Crippen LogP contribution in [0.5, 0.6) is 0 Å². The van der Waals surface area contributed by atoms with E-state index < -0.39 is 0 Å². The van der Waals surface area contributed by atoms with Crippen LogP contribution in [0.1, 0.15) is 48.9 Å². The van der Waals surface area contributed by atoms with Crippen molar-refractivity contribution in [1.82, 2.24) is 4.90 Å². The fourth-order valence-electron chi connectivity index (χ4n) is 6.12. The lowest BCUT2D eigenvalue weighted by atomic mass is 9.79. The summed E-state index contributed by atoms with van der Waals surface area (Å²) in [5.74, 6) is -0.878. The van der Waals surface area contributed by atoms with Crippen molar-refractivity contribution in [2.45, 2.75) is 55.5 Å². The Kier molecular flexibility index (Phi) is 5.12. The van der Waals surface area contributed by atoms with Crippen LogP contribution in [0.25, 0.3) is 0 Å². The summed E-state index contributed by atoms with van der Waals surface area (Å²) < 4.78 is 5.50. The highest BCUT2D eigenvalue weighted by atomic mass is 79.9. The molecule has 6 atom stereocenters. The van der Waals surface area contributed by atoms with E-state index in [4.69, 9.17) is 4.74 Å². The summed E-state index contributed by atoms with van der Waals surface area (Å²) in [7, 11) is 1.87. The normalized spacial score (nSPS) is 34.7. The number of amides is 2. The van der Waals surface area contributed by atoms with Gasteiger partial charge in [-0.2, -0.15) is 0 Å². The zero-order chi connectivity index (χ0) is 21.0. The molecule has 2 amide bonds. The van der Waals surface area contributed by atoms with E-state index >= 15 is 0 Å². The van der Waals surface area contributed by atoms with E-state index in [1.54, 1.807) is 24.3 Å². The second kappa shape index (κ2) is 7.66. The molecule has 0 spiro atoms. The third-order valence-corrected chi connectivity index (χ3v) is 8.85. The Morgan fingerprint density at radius 2 is 1.93 bits per heavy atom. The second-order valence-corrected chi connectivity index (χ2v) is 10.3. The van der Waals surface area contributed by atoms with Gasteiger partial charge in [0.2, 0.25) is 5.91 Å². The van der Waals surface area contributed by atoms with Gasteiger partial charge >= 0.3 is 5.97 Å². The molecule has 0 radical (unpaired) electrons. The molecule has 160 valence electrons. The lowest BCUT2D eigenvalue weighted by molar-refractivity contribution is -0.145. The van der Waals surface area contributed by atoms with Gasteiger partial charge in [-0.25, -0.2) is 0 Å². The monoisotopic (exact) mass is 474 g/mol. The van der Waals surface area contributed by atoms with Crippen molar-refractivity contribution < 1.29 is 19.1 Å². The van der Waals surface area contributed by atoms with Gasteiger partial charge in [0.1, 0.15) is 6.10 Å². The van der Waals surface area contributed by atoms with Crippen molar-refractivity contribution in [2.75, 3.05) is 12.4 Å². The second-order valence-electron chi connectivity index (χ2n) is 9.24. The SMILES string of the molecule is CN(C(=O)c1cccc(NC(=O)[C@@H]2[C@H]3C[C@H]4[C@H](OC(=O)[C@@H]42)[C@@H]3Br)c1)C1CCCCC1. The summed E-state index contributed by atoms with van der Waals surface area (Å²) in [5, 5.41) is 2.97. The molecule has 2 bridgehead atoms. The number of nitrogens with one attached hydrogen (secondary N) is 1. The van der Waals surface area contributed by atoms with Gasteiger partial charge in [-0.1, -0.05) is 41.3 Å². The predicted octanol–water partition coefficient (Wildman–Crippen LogP) is 3.60. The number of ether oxygens (including phenoxy) is 1. The molecular weight excluding hydrogens is 448 g/mol. The Morgan fingerprint density at radius 1 is 1.17 bits per heavy atom. The van der Waals surface area contributed by atoms with E-state index in [9.17, 15) is 14.4 Å². The van der Waals surface area contributed by atoms with E-state index in [1.807, 2.05) is 11.9 Å². The third-order valence-electron chi connectivity index (χ3n) is 7.65. The van der Waals surface area contributed by atoms with Crippen LogP contribution in [-0.4, -0.2) is 46.7 Å². The largest absolute Gasteiger partial charge is 0.461 e. The first-order valence-corrected chi connectivity index (χ1v) is 11.9. The lowest BCUT2D eigenvalue weighted by Gasteiger charge is -2.31. The Labute approximate surface area is 184 Å². The summed E-state index contributed by atoms with van der Waals surface area (Å²) in [6.45, 7) is 0. The van der Waals surface area contributed by atoms with E-state index in [-0.39, 0.29) is 58.4 Å². The van der Waals surface area contributed by atoms with Crippen LogP contribution in [0, 0.1) is 23.7 Å². The molecule has 1 saturated heterocycles. The zero-order valence-corrected chi connectivity index (χ0v) is 18.6. The van der Waals surface area contributed by atoms with E-state index in [0.717, 1.165) is 19.3 Å². The highest BCUT2D eigenvalue weighted by molar-refractivity contribution is 9.09. The third kappa shape index (κ3) is 3.17. The average Bonchev–Trinajstić information content (AvgIpc) is 3.38. The minimum atomic E-state index is -0.380. The number of benzene rings is 1. The smallest absolute Gasteiger partial charge is 0.310 e. The number of hydrogen-bond acceptors (Lipinski definition) is 4. The molecule has 4 fully saturated rings. The number of halogens is 1. The van der Waals surface area contributed by atoms with Crippen molar-refractivity contribution >= 4 is 39.4 Å². The number of fused-ring (bicyclic) bond motifs is 1. The molecule has 3 saturated carbocycles. The van der Waals surface area contributed by atoms with Gasteiger partial charge in [0.25, 0.3) is 5.91 Å². The summed E-state index contributed by atoms with van der Waals surface area (Å²) in [6.07, 6.45) is 6.44. The highest BCUT2D eigenvalue weighted by Crippen LogP contribution is 2.60. The van der Waals surface area contributed by atoms with Crippen molar-refractivity contribution in [3.8, 4) is 0 Å². The molecule has 0 unspecified atom stereocenters. The first kappa shape index (κ1) is 20.0. The average molecular weight is 475 g/mol. The van der Waals surface area contributed by atoms with Crippen LogP contribution < -0.4 is 5.32 Å². The number of anilines is 1. The van der Waals surface area contributed by atoms with Crippen molar-refractivity contribution in [1.29, 1.82) is 0 Å². The maximum atomic E-state index is 13.1. The fraction of sp³-hybridized carbons (Fsp3) is 0.609. The quantitative estimate of drug-likeness (QED) is 0.534. The van der Waals surface area contributed by atoms with Gasteiger partial charge < -0.3 is 15.0 Å². The van der Waals surface area contributed by atoms with Gasteiger partial charge in [-0.15, -0.1) is 0 Å². The Morgan fingerprint density at radius 3 is 2.70 bits per heavy atom. The molecule has 1 heterocycles. The maximum absolute atomic E-state index is 13.1. The van der Waals surface area contributed by atoms with Crippen molar-refractivity contribution in [3.05, 3.63) is 29.8 Å². The van der Waals surface area contributed by atoms with Crippen LogP contribution in [-0.2, 0) is 14.3 Å². The first-order chi connectivity index (χ1) is 14.5. The van der Waals surface area contributed by atoms with Crippen LogP contribution in [0.15, 0.2) is 24.3 Å². The van der Waals surface area contributed by atoms with E-state index in [2.05, 4.69) is 21.2 Å². The Bertz CT molecular complexity index is 884. The first-order valence-electron chi connectivity index (χ1n) is 11.0. The number of rotatable bonds is 4. The molecular formula is C23H27BrN2O4. The van der Waals surface area contributed by atoms with Crippen molar-refractivity contribution in [3.63, 3.8) is 0 Å². The molecule has 6 nitrogen and oxygen atoms in total. The van der Waals surface area contributed by atoms with E-state index in [1.165, 1.54) is 19.3 Å². The van der Waals surface area contributed by atoms with Crippen molar-refractivity contribution in [2.24, 2.45) is 23.7 Å². The standard InChI is InChI=1S/C23H27BrN2O4/c1-26(14-8-3-2-4-9-14)22(28)12-6-5-7-13(10-12)25-21(27)17-15-11-16-18(17)23(29)30-20(16)19(15)24/h5-7,10,14-20H,2-4,8-9,11H2,1H3,(H,25,27)/t15-,16-,17-,18+,19-,20+/m1/s1. The zero-order valence-electron chi connectivity index (χ0n) is 17.1. The molecule has 1 aliphatic heterocycles. The molecule has 0 aromatic heterocycles. The number of carbonyl (C=O) groups is 3. The van der Waals surface area contributed by atoms with Gasteiger partial charge in [-0.3, -0.25) is 14.4 Å². The van der Waals surface area contributed by atoms with Crippen LogP contribution >= 0.6 is 15.9 Å². The molecule has 4 aliphatic rings.